The van der Waals surface area contributed by atoms with Gasteiger partial charge in [-0.25, -0.2) is 17.4 Å². The van der Waals surface area contributed by atoms with Crippen molar-refractivity contribution < 1.29 is 26.8 Å². The van der Waals surface area contributed by atoms with Crippen LogP contribution in [-0.4, -0.2) is 47.9 Å². The molecule has 0 aliphatic rings. The molecule has 0 fully saturated rings. The van der Waals surface area contributed by atoms with Crippen molar-refractivity contribution >= 4 is 31.9 Å². The summed E-state index contributed by atoms with van der Waals surface area (Å²) in [5.74, 6) is 1.57. The monoisotopic (exact) mass is 515 g/mol. The zero-order valence-corrected chi connectivity index (χ0v) is 21.6. The van der Waals surface area contributed by atoms with Gasteiger partial charge in [-0.2, -0.15) is 0 Å². The van der Waals surface area contributed by atoms with Crippen LogP contribution in [0.15, 0.2) is 58.7 Å². The maximum absolute atomic E-state index is 13.8. The fourth-order valence-corrected chi connectivity index (χ4v) is 6.81. The lowest BCUT2D eigenvalue weighted by Gasteiger charge is -2.13. The van der Waals surface area contributed by atoms with Gasteiger partial charge in [-0.15, -0.1) is 0 Å². The molecule has 0 aliphatic carbocycles. The van der Waals surface area contributed by atoms with Crippen LogP contribution in [0.3, 0.4) is 0 Å². The summed E-state index contributed by atoms with van der Waals surface area (Å²) in [5.41, 5.74) is 2.75. The molecular weight excluding hydrogens is 490 g/mol. The fourth-order valence-electron chi connectivity index (χ4n) is 3.77. The molecule has 0 aliphatic heterocycles. The highest BCUT2D eigenvalue weighted by Gasteiger charge is 2.28. The standard InChI is InChI=1S/C24H25N3O6S2/c1-15-13-25-21(16(2)23(15)33-5)14-34(28)24-26-20-11-8-18(32-4)12-22(20)27(24)35(29,30)19-9-6-17(31-3)7-10-19/h6-13H,14H2,1-5H3. The van der Waals surface area contributed by atoms with Gasteiger partial charge in [0.05, 0.1) is 59.5 Å². The number of nitrogens with zero attached hydrogens (tertiary/aromatic N) is 3. The molecule has 4 rings (SSSR count). The number of aromatic nitrogens is 3. The highest BCUT2D eigenvalue weighted by Crippen LogP contribution is 2.31. The topological polar surface area (TPSA) is 110 Å². The van der Waals surface area contributed by atoms with E-state index in [-0.39, 0.29) is 21.3 Å². The van der Waals surface area contributed by atoms with E-state index < -0.39 is 20.8 Å². The van der Waals surface area contributed by atoms with E-state index in [0.717, 1.165) is 15.1 Å². The molecule has 0 bridgehead atoms. The van der Waals surface area contributed by atoms with Gasteiger partial charge in [-0.05, 0) is 50.2 Å². The Morgan fingerprint density at radius 3 is 2.23 bits per heavy atom. The first-order valence-corrected chi connectivity index (χ1v) is 13.3. The second kappa shape index (κ2) is 9.67. The summed E-state index contributed by atoms with van der Waals surface area (Å²) in [6, 6.07) is 10.8. The van der Waals surface area contributed by atoms with Crippen LogP contribution in [0.4, 0.5) is 0 Å². The van der Waals surface area contributed by atoms with Crippen molar-refractivity contribution in [2.45, 2.75) is 29.7 Å². The van der Waals surface area contributed by atoms with Gasteiger partial charge in [0.15, 0.2) is 0 Å². The number of pyridine rings is 1. The number of hydrogen-bond acceptors (Lipinski definition) is 8. The number of methoxy groups -OCH3 is 3. The molecule has 0 spiro atoms. The van der Waals surface area contributed by atoms with Crippen LogP contribution in [0.5, 0.6) is 17.2 Å². The molecule has 184 valence electrons. The minimum Gasteiger partial charge on any atom is -0.497 e. The third kappa shape index (κ3) is 4.48. The van der Waals surface area contributed by atoms with Crippen LogP contribution in [0.1, 0.15) is 16.8 Å². The number of aryl methyl sites for hydroxylation is 1. The lowest BCUT2D eigenvalue weighted by atomic mass is 10.1. The van der Waals surface area contributed by atoms with Crippen molar-refractivity contribution in [3.05, 3.63) is 65.5 Å². The first-order chi connectivity index (χ1) is 16.7. The number of ether oxygens (including phenoxy) is 3. The number of rotatable bonds is 8. The molecule has 2 aromatic heterocycles. The molecule has 1 unspecified atom stereocenters. The molecule has 11 heteroatoms. The number of imidazole rings is 1. The zero-order chi connectivity index (χ0) is 25.3. The van der Waals surface area contributed by atoms with Gasteiger partial charge in [-0.1, -0.05) is 0 Å². The molecule has 0 radical (unpaired) electrons. The van der Waals surface area contributed by atoms with E-state index in [9.17, 15) is 12.6 Å². The minimum absolute atomic E-state index is 0.00461. The number of hydrogen-bond donors (Lipinski definition) is 0. The van der Waals surface area contributed by atoms with Crippen molar-refractivity contribution in [2.24, 2.45) is 0 Å². The van der Waals surface area contributed by atoms with E-state index in [1.54, 1.807) is 43.6 Å². The molecule has 0 amide bonds. The summed E-state index contributed by atoms with van der Waals surface area (Å²) in [7, 11) is -1.48. The minimum atomic E-state index is -4.16. The summed E-state index contributed by atoms with van der Waals surface area (Å²) in [6.45, 7) is 3.70. The highest BCUT2D eigenvalue weighted by molar-refractivity contribution is 7.91. The van der Waals surface area contributed by atoms with Gasteiger partial charge in [0.2, 0.25) is 5.16 Å². The van der Waals surface area contributed by atoms with E-state index in [2.05, 4.69) is 9.97 Å². The summed E-state index contributed by atoms with van der Waals surface area (Å²) in [4.78, 5) is 8.86. The summed E-state index contributed by atoms with van der Waals surface area (Å²) < 4.78 is 58.0. The summed E-state index contributed by atoms with van der Waals surface area (Å²) in [5, 5.41) is -0.107. The van der Waals surface area contributed by atoms with Gasteiger partial charge >= 0.3 is 0 Å². The maximum atomic E-state index is 13.8. The second-order valence-corrected chi connectivity index (χ2v) is 10.9. The largest absolute Gasteiger partial charge is 0.497 e. The predicted octanol–water partition coefficient (Wildman–Crippen LogP) is 3.62. The van der Waals surface area contributed by atoms with Crippen LogP contribution in [0.2, 0.25) is 0 Å². The summed E-state index contributed by atoms with van der Waals surface area (Å²) in [6.07, 6.45) is 1.64. The van der Waals surface area contributed by atoms with Gasteiger partial charge in [0.1, 0.15) is 17.2 Å². The summed E-state index contributed by atoms with van der Waals surface area (Å²) >= 11 is 0. The highest BCUT2D eigenvalue weighted by atomic mass is 32.2. The van der Waals surface area contributed by atoms with Crippen LogP contribution in [0.25, 0.3) is 11.0 Å². The Morgan fingerprint density at radius 1 is 0.943 bits per heavy atom. The molecule has 2 heterocycles. The first-order valence-electron chi connectivity index (χ1n) is 10.5. The number of benzene rings is 2. The molecule has 2 aromatic carbocycles. The van der Waals surface area contributed by atoms with E-state index >= 15 is 0 Å². The third-order valence-corrected chi connectivity index (χ3v) is 8.66. The van der Waals surface area contributed by atoms with Gasteiger partial charge < -0.3 is 14.2 Å². The molecular formula is C24H25N3O6S2. The fraction of sp³-hybridized carbons (Fsp3) is 0.250. The Labute approximate surface area is 206 Å². The molecule has 35 heavy (non-hydrogen) atoms. The molecule has 9 nitrogen and oxygen atoms in total. The molecule has 0 saturated carbocycles. The molecule has 1 atom stereocenters. The van der Waals surface area contributed by atoms with Crippen molar-refractivity contribution in [2.75, 3.05) is 21.3 Å². The van der Waals surface area contributed by atoms with Crippen LogP contribution < -0.4 is 14.2 Å². The van der Waals surface area contributed by atoms with Crippen LogP contribution >= 0.6 is 0 Å². The predicted molar refractivity (Wildman–Crippen MR) is 132 cm³/mol. The molecule has 0 N–H and O–H groups in total. The van der Waals surface area contributed by atoms with E-state index in [0.29, 0.717) is 28.5 Å². The quantitative estimate of drug-likeness (QED) is 0.350. The van der Waals surface area contributed by atoms with Crippen LogP contribution in [0, 0.1) is 13.8 Å². The van der Waals surface area contributed by atoms with Crippen molar-refractivity contribution in [1.82, 2.24) is 13.9 Å². The Hall–Kier alpha value is -3.44. The van der Waals surface area contributed by atoms with Gasteiger partial charge in [0.25, 0.3) is 10.0 Å². The second-order valence-electron chi connectivity index (χ2n) is 7.73. The third-order valence-electron chi connectivity index (χ3n) is 5.61. The average Bonchev–Trinajstić information content (AvgIpc) is 3.26. The molecule has 0 saturated heterocycles. The van der Waals surface area contributed by atoms with Gasteiger partial charge in [0, 0.05) is 23.4 Å². The Balaban J connectivity index is 1.88. The lowest BCUT2D eigenvalue weighted by molar-refractivity contribution is 0.407. The smallest absolute Gasteiger partial charge is 0.270 e. The normalized spacial score (nSPS) is 12.5. The van der Waals surface area contributed by atoms with Crippen LogP contribution in [-0.2, 0) is 26.6 Å². The Kier molecular flexibility index (Phi) is 6.82. The molecule has 4 aromatic rings. The maximum Gasteiger partial charge on any atom is 0.270 e. The van der Waals surface area contributed by atoms with E-state index in [1.807, 2.05) is 13.8 Å². The number of fused-ring (bicyclic) bond motifs is 1. The lowest BCUT2D eigenvalue weighted by Crippen LogP contribution is -2.18. The Morgan fingerprint density at radius 2 is 1.60 bits per heavy atom. The van der Waals surface area contributed by atoms with E-state index in [4.69, 9.17) is 14.2 Å². The van der Waals surface area contributed by atoms with Crippen molar-refractivity contribution in [3.63, 3.8) is 0 Å². The van der Waals surface area contributed by atoms with Crippen molar-refractivity contribution in [1.29, 1.82) is 0 Å². The SMILES string of the molecule is COc1ccc(S(=O)(=O)n2c(S(=O)Cc3ncc(C)c(OC)c3C)nc3ccc(OC)cc32)cc1. The van der Waals surface area contributed by atoms with Gasteiger partial charge in [-0.3, -0.25) is 9.19 Å². The van der Waals surface area contributed by atoms with E-state index in [1.165, 1.54) is 26.4 Å². The van der Waals surface area contributed by atoms with Crippen molar-refractivity contribution in [3.8, 4) is 17.2 Å². The zero-order valence-electron chi connectivity index (χ0n) is 19.9. The first kappa shape index (κ1) is 24.7. The Bertz CT molecular complexity index is 1530. The average molecular weight is 516 g/mol.